The number of methoxy groups -OCH3 is 1. The average molecular weight is 460 g/mol. The van der Waals surface area contributed by atoms with Gasteiger partial charge in [0, 0.05) is 17.7 Å². The molecule has 1 aliphatic heterocycles. The number of aliphatic hydroxyl groups is 3. The number of hydrogen-bond acceptors (Lipinski definition) is 11. The maximum Gasteiger partial charge on any atom is 0.337 e. The first-order valence-corrected chi connectivity index (χ1v) is 9.75. The van der Waals surface area contributed by atoms with E-state index in [2.05, 4.69) is 4.74 Å². The second-order valence-corrected chi connectivity index (χ2v) is 7.32. The van der Waals surface area contributed by atoms with Gasteiger partial charge in [-0.3, -0.25) is 4.79 Å². The highest BCUT2D eigenvalue weighted by Gasteiger charge is 2.48. The Morgan fingerprint density at radius 3 is 2.33 bits per heavy atom. The molecule has 1 saturated heterocycles. The van der Waals surface area contributed by atoms with Gasteiger partial charge in [0.25, 0.3) is 0 Å². The number of esters is 1. The van der Waals surface area contributed by atoms with Crippen molar-refractivity contribution in [2.75, 3.05) is 7.11 Å². The molecule has 11 heteroatoms. The molecular weight excluding hydrogens is 440 g/mol. The van der Waals surface area contributed by atoms with Gasteiger partial charge in [0.05, 0.1) is 7.11 Å². The fourth-order valence-electron chi connectivity index (χ4n) is 3.49. The highest BCUT2D eigenvalue weighted by atomic mass is 16.7. The van der Waals surface area contributed by atoms with Gasteiger partial charge in [0.15, 0.2) is 23.0 Å². The first-order valence-electron chi connectivity index (χ1n) is 9.75. The summed E-state index contributed by atoms with van der Waals surface area (Å²) in [6.07, 6.45) is -8.97. The molecule has 3 aromatic rings. The molecule has 2 aromatic carbocycles. The van der Waals surface area contributed by atoms with Crippen molar-refractivity contribution in [3.63, 3.8) is 0 Å². The summed E-state index contributed by atoms with van der Waals surface area (Å²) >= 11 is 0. The monoisotopic (exact) mass is 460 g/mol. The van der Waals surface area contributed by atoms with Gasteiger partial charge in [0.2, 0.25) is 12.0 Å². The lowest BCUT2D eigenvalue weighted by Gasteiger charge is -2.38. The highest BCUT2D eigenvalue weighted by Crippen LogP contribution is 2.42. The smallest absolute Gasteiger partial charge is 0.337 e. The Morgan fingerprint density at radius 2 is 1.67 bits per heavy atom. The number of fused-ring (bicyclic) bond motifs is 1. The average Bonchev–Trinajstić information content (AvgIpc) is 2.82. The maximum absolute atomic E-state index is 12.6. The molecule has 0 saturated carbocycles. The molecule has 174 valence electrons. The Kier molecular flexibility index (Phi) is 5.95. The van der Waals surface area contributed by atoms with Crippen LogP contribution in [-0.2, 0) is 14.3 Å². The minimum atomic E-state index is -1.85. The minimum Gasteiger partial charge on any atom is -0.504 e. The van der Waals surface area contributed by atoms with Crippen molar-refractivity contribution in [3.8, 4) is 28.6 Å². The van der Waals surface area contributed by atoms with E-state index >= 15 is 0 Å². The van der Waals surface area contributed by atoms with Gasteiger partial charge in [0.1, 0.15) is 35.0 Å². The molecule has 0 aliphatic carbocycles. The van der Waals surface area contributed by atoms with Crippen molar-refractivity contribution in [1.29, 1.82) is 0 Å². The molecule has 33 heavy (non-hydrogen) atoms. The number of aromatic hydroxyl groups is 2. The molecule has 0 amide bonds. The van der Waals surface area contributed by atoms with Crippen molar-refractivity contribution < 1.29 is 49.0 Å². The summed E-state index contributed by atoms with van der Waals surface area (Å²) in [5.74, 6) is -3.04. The van der Waals surface area contributed by atoms with Crippen molar-refractivity contribution in [3.05, 3.63) is 52.7 Å². The summed E-state index contributed by atoms with van der Waals surface area (Å²) in [6.45, 7) is 0. The molecule has 0 spiro atoms. The van der Waals surface area contributed by atoms with Gasteiger partial charge >= 0.3 is 5.97 Å². The van der Waals surface area contributed by atoms with Crippen LogP contribution in [0.4, 0.5) is 0 Å². The SMILES string of the molecule is COC(=O)[C@H]1O[C@@H](Oc2cc3oc(-c4ccccc4)cc(=O)c3c(O)c2O)[C@H](O)[C@H](O)[C@@H]1O. The molecule has 2 heterocycles. The number of phenolic OH excluding ortho intramolecular Hbond substituents is 2. The van der Waals surface area contributed by atoms with Crippen LogP contribution in [0.5, 0.6) is 17.2 Å². The second-order valence-electron chi connectivity index (χ2n) is 7.32. The van der Waals surface area contributed by atoms with E-state index in [0.717, 1.165) is 19.2 Å². The van der Waals surface area contributed by atoms with E-state index in [9.17, 15) is 35.1 Å². The first-order chi connectivity index (χ1) is 15.7. The molecule has 0 unspecified atom stereocenters. The lowest BCUT2D eigenvalue weighted by Crippen LogP contribution is -2.61. The molecule has 0 bridgehead atoms. The van der Waals surface area contributed by atoms with Crippen LogP contribution in [0.15, 0.2) is 51.7 Å². The van der Waals surface area contributed by atoms with E-state index < -0.39 is 59.4 Å². The molecule has 1 aromatic heterocycles. The third-order valence-corrected chi connectivity index (χ3v) is 5.24. The second kappa shape index (κ2) is 8.71. The number of benzene rings is 2. The number of hydrogen-bond donors (Lipinski definition) is 5. The van der Waals surface area contributed by atoms with Gasteiger partial charge in [-0.25, -0.2) is 4.79 Å². The van der Waals surface area contributed by atoms with Crippen LogP contribution in [-0.4, -0.2) is 69.3 Å². The Balaban J connectivity index is 1.75. The van der Waals surface area contributed by atoms with Crippen LogP contribution in [0.2, 0.25) is 0 Å². The number of carbonyl (C=O) groups excluding carboxylic acids is 1. The third kappa shape index (κ3) is 3.98. The van der Waals surface area contributed by atoms with Crippen molar-refractivity contribution in [1.82, 2.24) is 0 Å². The van der Waals surface area contributed by atoms with Gasteiger partial charge < -0.3 is 44.2 Å². The van der Waals surface area contributed by atoms with Crippen LogP contribution >= 0.6 is 0 Å². The Labute approximate surface area is 185 Å². The summed E-state index contributed by atoms with van der Waals surface area (Å²) in [7, 11) is 1.03. The molecule has 1 aliphatic rings. The minimum absolute atomic E-state index is 0.151. The Bertz CT molecular complexity index is 1240. The Morgan fingerprint density at radius 1 is 0.970 bits per heavy atom. The summed E-state index contributed by atoms with van der Waals surface area (Å²) in [5, 5.41) is 50.7. The van der Waals surface area contributed by atoms with E-state index in [1.807, 2.05) is 0 Å². The van der Waals surface area contributed by atoms with E-state index in [0.29, 0.717) is 5.56 Å². The lowest BCUT2D eigenvalue weighted by molar-refractivity contribution is -0.272. The van der Waals surface area contributed by atoms with Crippen LogP contribution in [0.3, 0.4) is 0 Å². The fourth-order valence-corrected chi connectivity index (χ4v) is 3.49. The summed E-state index contributed by atoms with van der Waals surface area (Å²) < 4.78 is 20.8. The maximum atomic E-state index is 12.6. The van der Waals surface area contributed by atoms with Gasteiger partial charge in [-0.2, -0.15) is 0 Å². The molecule has 11 nitrogen and oxygen atoms in total. The third-order valence-electron chi connectivity index (χ3n) is 5.24. The molecular formula is C22H20O11. The van der Waals surface area contributed by atoms with Crippen LogP contribution in [0, 0.1) is 0 Å². The predicted molar refractivity (Wildman–Crippen MR) is 111 cm³/mol. The first kappa shape index (κ1) is 22.6. The number of phenols is 2. The Hall–Kier alpha value is -3.64. The lowest BCUT2D eigenvalue weighted by atomic mass is 9.99. The molecule has 1 fully saturated rings. The van der Waals surface area contributed by atoms with Crippen molar-refractivity contribution >= 4 is 16.9 Å². The number of rotatable bonds is 4. The van der Waals surface area contributed by atoms with Crippen molar-refractivity contribution in [2.45, 2.75) is 30.7 Å². The van der Waals surface area contributed by atoms with E-state index in [1.54, 1.807) is 30.3 Å². The van der Waals surface area contributed by atoms with E-state index in [1.165, 1.54) is 0 Å². The molecule has 5 atom stereocenters. The number of ether oxygens (including phenoxy) is 3. The summed E-state index contributed by atoms with van der Waals surface area (Å²) in [5.41, 5.74) is -0.203. The van der Waals surface area contributed by atoms with E-state index in [-0.39, 0.29) is 16.7 Å². The van der Waals surface area contributed by atoms with Crippen LogP contribution in [0.1, 0.15) is 0 Å². The molecule has 0 radical (unpaired) electrons. The zero-order valence-electron chi connectivity index (χ0n) is 17.1. The largest absolute Gasteiger partial charge is 0.504 e. The zero-order chi connectivity index (χ0) is 23.9. The molecule has 4 rings (SSSR count). The van der Waals surface area contributed by atoms with Crippen LogP contribution < -0.4 is 10.2 Å². The highest BCUT2D eigenvalue weighted by molar-refractivity contribution is 5.89. The van der Waals surface area contributed by atoms with Crippen LogP contribution in [0.25, 0.3) is 22.3 Å². The topological polar surface area (TPSA) is 176 Å². The van der Waals surface area contributed by atoms with Crippen molar-refractivity contribution in [2.24, 2.45) is 0 Å². The standard InChI is InChI=1S/C22H20O11/c1-30-21(29)20-18(27)17(26)19(28)22(33-20)32-13-8-12-14(16(25)15(13)24)10(23)7-11(31-12)9-5-3-2-4-6-9/h2-8,17-20,22,24-28H,1H3/t17-,18+,19-,20+,22-/m1/s1. The van der Waals surface area contributed by atoms with Gasteiger partial charge in [-0.05, 0) is 0 Å². The quantitative estimate of drug-likeness (QED) is 0.266. The molecule has 5 N–H and O–H groups in total. The fraction of sp³-hybridized carbons (Fsp3) is 0.273. The zero-order valence-corrected chi connectivity index (χ0v) is 17.1. The van der Waals surface area contributed by atoms with E-state index in [4.69, 9.17) is 13.9 Å². The predicted octanol–water partition coefficient (Wildman–Crippen LogP) is 0.231. The van der Waals surface area contributed by atoms with Gasteiger partial charge in [-0.15, -0.1) is 0 Å². The summed E-state index contributed by atoms with van der Waals surface area (Å²) in [6, 6.07) is 10.9. The van der Waals surface area contributed by atoms with Gasteiger partial charge in [-0.1, -0.05) is 30.3 Å². The number of carbonyl (C=O) groups is 1. The normalized spacial score (nSPS) is 25.0. The summed E-state index contributed by atoms with van der Waals surface area (Å²) in [4.78, 5) is 24.4. The number of aliphatic hydroxyl groups excluding tert-OH is 3.